The first-order valence-corrected chi connectivity index (χ1v) is 6.71. The van der Waals surface area contributed by atoms with Crippen molar-refractivity contribution in [2.24, 2.45) is 0 Å². The molecule has 0 atom stereocenters. The summed E-state index contributed by atoms with van der Waals surface area (Å²) in [6.45, 7) is 2.74. The van der Waals surface area contributed by atoms with Crippen LogP contribution < -0.4 is 10.1 Å². The third kappa shape index (κ3) is 4.35. The number of alkyl halides is 2. The zero-order valence-electron chi connectivity index (χ0n) is 11.1. The van der Waals surface area contributed by atoms with Gasteiger partial charge in [0.05, 0.1) is 0 Å². The van der Waals surface area contributed by atoms with Crippen molar-refractivity contribution < 1.29 is 13.5 Å². The molecular weight excluding hydrogens is 250 g/mol. The molecule has 19 heavy (non-hydrogen) atoms. The van der Waals surface area contributed by atoms with Crippen LogP contribution in [0.3, 0.4) is 0 Å². The third-order valence-electron chi connectivity index (χ3n) is 3.49. The maximum Gasteiger partial charge on any atom is 0.387 e. The molecule has 1 N–H and O–H groups in total. The van der Waals surface area contributed by atoms with E-state index < -0.39 is 6.61 Å². The zero-order chi connectivity index (χ0) is 13.7. The molecule has 1 saturated heterocycles. The molecule has 1 heterocycles. The van der Waals surface area contributed by atoms with Crippen LogP contribution in [-0.4, -0.2) is 37.2 Å². The Morgan fingerprint density at radius 1 is 1.26 bits per heavy atom. The molecule has 1 aliphatic rings. The fraction of sp³-hybridized carbons (Fsp3) is 0.571. The van der Waals surface area contributed by atoms with Crippen molar-refractivity contribution in [3.8, 4) is 5.75 Å². The predicted molar refractivity (Wildman–Crippen MR) is 71.8 cm³/mol. The van der Waals surface area contributed by atoms with Gasteiger partial charge < -0.3 is 15.0 Å². The standard InChI is InChI=1S/C14H20F2N2O/c1-2-18-9-7-12(8-10-18)17-11-3-5-13(6-4-11)19-14(15)16/h3-6,12,14,17H,2,7-10H2,1H3. The quantitative estimate of drug-likeness (QED) is 0.889. The summed E-state index contributed by atoms with van der Waals surface area (Å²) in [4.78, 5) is 2.43. The van der Waals surface area contributed by atoms with Crippen LogP contribution >= 0.6 is 0 Å². The Morgan fingerprint density at radius 3 is 2.42 bits per heavy atom. The summed E-state index contributed by atoms with van der Waals surface area (Å²) >= 11 is 0. The smallest absolute Gasteiger partial charge is 0.387 e. The molecule has 5 heteroatoms. The maximum absolute atomic E-state index is 12.0. The second-order valence-corrected chi connectivity index (χ2v) is 4.76. The van der Waals surface area contributed by atoms with Crippen LogP contribution in [0.2, 0.25) is 0 Å². The first kappa shape index (κ1) is 14.1. The molecule has 1 aromatic carbocycles. The molecule has 0 saturated carbocycles. The van der Waals surface area contributed by atoms with Gasteiger partial charge >= 0.3 is 6.61 Å². The largest absolute Gasteiger partial charge is 0.435 e. The molecule has 1 fully saturated rings. The van der Waals surface area contributed by atoms with Gasteiger partial charge in [0.15, 0.2) is 0 Å². The van der Waals surface area contributed by atoms with E-state index in [0.29, 0.717) is 6.04 Å². The van der Waals surface area contributed by atoms with Crippen molar-refractivity contribution in [1.82, 2.24) is 4.90 Å². The molecule has 1 aliphatic heterocycles. The number of hydrogen-bond donors (Lipinski definition) is 1. The Hall–Kier alpha value is -1.36. The number of piperidine rings is 1. The van der Waals surface area contributed by atoms with E-state index in [-0.39, 0.29) is 5.75 Å². The molecule has 2 rings (SSSR count). The first-order valence-electron chi connectivity index (χ1n) is 6.71. The number of benzene rings is 1. The summed E-state index contributed by atoms with van der Waals surface area (Å²) in [6.07, 6.45) is 2.23. The molecule has 1 aromatic rings. The van der Waals surface area contributed by atoms with Gasteiger partial charge in [-0.2, -0.15) is 8.78 Å². The van der Waals surface area contributed by atoms with Gasteiger partial charge in [-0.15, -0.1) is 0 Å². The van der Waals surface area contributed by atoms with Gasteiger partial charge in [0.2, 0.25) is 0 Å². The van der Waals surface area contributed by atoms with Crippen molar-refractivity contribution in [1.29, 1.82) is 0 Å². The summed E-state index contributed by atoms with van der Waals surface area (Å²) in [7, 11) is 0. The van der Waals surface area contributed by atoms with Crippen molar-refractivity contribution in [2.45, 2.75) is 32.4 Å². The number of anilines is 1. The summed E-state index contributed by atoms with van der Waals surface area (Å²) < 4.78 is 28.4. The minimum absolute atomic E-state index is 0.196. The summed E-state index contributed by atoms with van der Waals surface area (Å²) in [5.74, 6) is 0.196. The first-order chi connectivity index (χ1) is 9.17. The van der Waals surface area contributed by atoms with Gasteiger partial charge in [-0.25, -0.2) is 0 Å². The van der Waals surface area contributed by atoms with Crippen LogP contribution in [0.15, 0.2) is 24.3 Å². The predicted octanol–water partition coefficient (Wildman–Crippen LogP) is 3.18. The fourth-order valence-electron chi connectivity index (χ4n) is 2.36. The number of rotatable bonds is 5. The third-order valence-corrected chi connectivity index (χ3v) is 3.49. The average molecular weight is 270 g/mol. The van der Waals surface area contributed by atoms with Gasteiger partial charge in [0, 0.05) is 24.8 Å². The Bertz CT molecular complexity index is 376. The number of nitrogens with zero attached hydrogens (tertiary/aromatic N) is 1. The summed E-state index contributed by atoms with van der Waals surface area (Å²) in [5, 5.41) is 3.44. The summed E-state index contributed by atoms with van der Waals surface area (Å²) in [5.41, 5.74) is 0.955. The van der Waals surface area contributed by atoms with Gasteiger partial charge in [-0.3, -0.25) is 0 Å². The molecule has 106 valence electrons. The minimum atomic E-state index is -2.77. The average Bonchev–Trinajstić information content (AvgIpc) is 2.41. The highest BCUT2D eigenvalue weighted by molar-refractivity contribution is 5.47. The van der Waals surface area contributed by atoms with E-state index >= 15 is 0 Å². The van der Waals surface area contributed by atoms with Crippen LogP contribution in [0.5, 0.6) is 5.75 Å². The summed E-state index contributed by atoms with van der Waals surface area (Å²) in [6, 6.07) is 7.16. The lowest BCUT2D eigenvalue weighted by Crippen LogP contribution is -2.38. The van der Waals surface area contributed by atoms with Gasteiger partial charge in [0.25, 0.3) is 0 Å². The molecule has 0 spiro atoms. The Labute approximate surface area is 112 Å². The fourth-order valence-corrected chi connectivity index (χ4v) is 2.36. The lowest BCUT2D eigenvalue weighted by atomic mass is 10.0. The highest BCUT2D eigenvalue weighted by atomic mass is 19.3. The molecule has 0 aromatic heterocycles. The number of ether oxygens (including phenoxy) is 1. The second kappa shape index (κ2) is 6.70. The monoisotopic (exact) mass is 270 g/mol. The molecule has 3 nitrogen and oxygen atoms in total. The van der Waals surface area contributed by atoms with E-state index in [0.717, 1.165) is 38.2 Å². The Balaban J connectivity index is 1.83. The van der Waals surface area contributed by atoms with E-state index in [1.165, 1.54) is 0 Å². The SMILES string of the molecule is CCN1CCC(Nc2ccc(OC(F)F)cc2)CC1. The van der Waals surface area contributed by atoms with Crippen LogP contribution in [0, 0.1) is 0 Å². The van der Waals surface area contributed by atoms with Crippen molar-refractivity contribution in [3.63, 3.8) is 0 Å². The van der Waals surface area contributed by atoms with Gasteiger partial charge in [-0.05, 0) is 43.7 Å². The van der Waals surface area contributed by atoms with Crippen molar-refractivity contribution in [2.75, 3.05) is 25.0 Å². The van der Waals surface area contributed by atoms with Gasteiger partial charge in [0.1, 0.15) is 5.75 Å². The van der Waals surface area contributed by atoms with Crippen LogP contribution in [-0.2, 0) is 0 Å². The van der Waals surface area contributed by atoms with E-state index in [4.69, 9.17) is 0 Å². The topological polar surface area (TPSA) is 24.5 Å². The number of halogens is 2. The van der Waals surface area contributed by atoms with Crippen LogP contribution in [0.4, 0.5) is 14.5 Å². The number of nitrogens with one attached hydrogen (secondary N) is 1. The number of likely N-dealkylation sites (tertiary alicyclic amines) is 1. The van der Waals surface area contributed by atoms with E-state index in [1.54, 1.807) is 24.3 Å². The Morgan fingerprint density at radius 2 is 1.89 bits per heavy atom. The molecule has 0 aliphatic carbocycles. The molecule has 0 amide bonds. The second-order valence-electron chi connectivity index (χ2n) is 4.76. The number of hydrogen-bond acceptors (Lipinski definition) is 3. The van der Waals surface area contributed by atoms with E-state index in [2.05, 4.69) is 21.9 Å². The van der Waals surface area contributed by atoms with Crippen molar-refractivity contribution >= 4 is 5.69 Å². The van der Waals surface area contributed by atoms with E-state index in [1.807, 2.05) is 0 Å². The van der Waals surface area contributed by atoms with E-state index in [9.17, 15) is 8.78 Å². The highest BCUT2D eigenvalue weighted by Gasteiger charge is 2.17. The van der Waals surface area contributed by atoms with Crippen LogP contribution in [0.1, 0.15) is 19.8 Å². The molecule has 0 bridgehead atoms. The molecule has 0 unspecified atom stereocenters. The van der Waals surface area contributed by atoms with Gasteiger partial charge in [-0.1, -0.05) is 6.92 Å². The Kier molecular flexibility index (Phi) is 4.96. The molecule has 0 radical (unpaired) electrons. The maximum atomic E-state index is 12.0. The minimum Gasteiger partial charge on any atom is -0.435 e. The molecular formula is C14H20F2N2O. The lowest BCUT2D eigenvalue weighted by Gasteiger charge is -2.32. The highest BCUT2D eigenvalue weighted by Crippen LogP contribution is 2.20. The normalized spacial score (nSPS) is 17.7. The zero-order valence-corrected chi connectivity index (χ0v) is 11.1. The van der Waals surface area contributed by atoms with Crippen LogP contribution in [0.25, 0.3) is 0 Å². The lowest BCUT2D eigenvalue weighted by molar-refractivity contribution is -0.0498. The van der Waals surface area contributed by atoms with Crippen molar-refractivity contribution in [3.05, 3.63) is 24.3 Å².